The van der Waals surface area contributed by atoms with Crippen molar-refractivity contribution in [1.82, 2.24) is 14.5 Å². The maximum atomic E-state index is 6.56. The molecule has 0 fully saturated rings. The molecule has 11 rings (SSSR count). The molecule has 0 unspecified atom stereocenters. The van der Waals surface area contributed by atoms with Crippen LogP contribution < -0.4 is 0 Å². The fraction of sp³-hybridized carbons (Fsp3) is 0. The van der Waals surface area contributed by atoms with Gasteiger partial charge in [-0.1, -0.05) is 103 Å². The molecule has 7 aromatic carbocycles. The first-order chi connectivity index (χ1) is 23.3. The van der Waals surface area contributed by atoms with Crippen LogP contribution in [0.3, 0.4) is 0 Å². The van der Waals surface area contributed by atoms with Gasteiger partial charge in [0, 0.05) is 37.9 Å². The Bertz CT molecular complexity index is 3090. The summed E-state index contributed by atoms with van der Waals surface area (Å²) in [5, 5.41) is 10.0. The molecule has 0 aliphatic carbocycles. The Morgan fingerprint density at radius 3 is 1.96 bits per heavy atom. The number of aromatic nitrogens is 3. The number of para-hydroxylation sites is 3. The molecule has 0 spiro atoms. The van der Waals surface area contributed by atoms with Crippen molar-refractivity contribution in [2.45, 2.75) is 0 Å². The van der Waals surface area contributed by atoms with Crippen molar-refractivity contribution in [3.05, 3.63) is 140 Å². The number of hydrogen-bond donors (Lipinski definition) is 0. The van der Waals surface area contributed by atoms with E-state index in [4.69, 9.17) is 18.8 Å². The highest BCUT2D eigenvalue weighted by Gasteiger charge is 2.24. The van der Waals surface area contributed by atoms with E-state index in [0.29, 0.717) is 17.2 Å². The molecule has 0 aliphatic rings. The number of fused-ring (bicyclic) bond motifs is 12. The lowest BCUT2D eigenvalue weighted by molar-refractivity contribution is 0.662. The molecule has 5 nitrogen and oxygen atoms in total. The van der Waals surface area contributed by atoms with Crippen molar-refractivity contribution in [1.29, 1.82) is 0 Å². The average Bonchev–Trinajstić information content (AvgIpc) is 3.80. The van der Waals surface area contributed by atoms with Crippen LogP contribution in [0, 0.1) is 0 Å². The highest BCUT2D eigenvalue weighted by atomic mass is 16.3. The van der Waals surface area contributed by atoms with Crippen LogP contribution in [0.2, 0.25) is 0 Å². The molecule has 0 saturated heterocycles. The molecular weight excluding hydrogens is 578 g/mol. The topological polar surface area (TPSA) is 57.0 Å². The second kappa shape index (κ2) is 9.05. The summed E-state index contributed by atoms with van der Waals surface area (Å²) in [6, 6.07) is 48.5. The summed E-state index contributed by atoms with van der Waals surface area (Å²) in [5.74, 6) is 0.582. The van der Waals surface area contributed by atoms with Crippen LogP contribution in [0.1, 0.15) is 0 Å². The molecule has 0 N–H and O–H groups in total. The SMILES string of the molecule is c1ccc2cc3c(cc2c1)c1ccc2ccccc2c1n3-c1nc(-c2cccc3c2oc2ccccc23)c2oc3ccccc3c2n1. The quantitative estimate of drug-likeness (QED) is 0.198. The van der Waals surface area contributed by atoms with Gasteiger partial charge in [-0.2, -0.15) is 0 Å². The Kier molecular flexibility index (Phi) is 4.78. The molecule has 0 atom stereocenters. The highest BCUT2D eigenvalue weighted by molar-refractivity contribution is 6.21. The summed E-state index contributed by atoms with van der Waals surface area (Å²) in [4.78, 5) is 10.7. The summed E-state index contributed by atoms with van der Waals surface area (Å²) in [6.45, 7) is 0. The summed E-state index contributed by atoms with van der Waals surface area (Å²) in [7, 11) is 0. The zero-order valence-corrected chi connectivity index (χ0v) is 24.9. The Hall–Kier alpha value is -6.46. The third-order valence-corrected chi connectivity index (χ3v) is 9.59. The van der Waals surface area contributed by atoms with E-state index in [9.17, 15) is 0 Å². The molecule has 218 valence electrons. The largest absolute Gasteiger partial charge is 0.455 e. The zero-order chi connectivity index (χ0) is 30.6. The third kappa shape index (κ3) is 3.37. The monoisotopic (exact) mass is 601 g/mol. The molecule has 0 amide bonds. The van der Waals surface area contributed by atoms with Gasteiger partial charge in [0.05, 0.1) is 11.0 Å². The van der Waals surface area contributed by atoms with E-state index in [2.05, 4.69) is 108 Å². The third-order valence-electron chi connectivity index (χ3n) is 9.59. The number of benzene rings is 7. The van der Waals surface area contributed by atoms with Crippen LogP contribution in [0.25, 0.3) is 105 Å². The average molecular weight is 602 g/mol. The van der Waals surface area contributed by atoms with Crippen LogP contribution in [-0.4, -0.2) is 14.5 Å². The first kappa shape index (κ1) is 24.8. The molecule has 47 heavy (non-hydrogen) atoms. The minimum atomic E-state index is 0.582. The van der Waals surface area contributed by atoms with Gasteiger partial charge in [-0.3, -0.25) is 4.57 Å². The van der Waals surface area contributed by atoms with Crippen LogP contribution in [0.15, 0.2) is 148 Å². The summed E-state index contributed by atoms with van der Waals surface area (Å²) < 4.78 is 15.3. The second-order valence-corrected chi connectivity index (χ2v) is 12.2. The minimum Gasteiger partial charge on any atom is -0.455 e. The lowest BCUT2D eigenvalue weighted by atomic mass is 10.0. The van der Waals surface area contributed by atoms with Crippen molar-refractivity contribution >= 4 is 87.4 Å². The smallest absolute Gasteiger partial charge is 0.236 e. The molecule has 5 heteroatoms. The molecule has 4 heterocycles. The Morgan fingerprint density at radius 2 is 1.11 bits per heavy atom. The van der Waals surface area contributed by atoms with Gasteiger partial charge in [-0.25, -0.2) is 9.97 Å². The van der Waals surface area contributed by atoms with Crippen LogP contribution in [-0.2, 0) is 0 Å². The predicted molar refractivity (Wildman–Crippen MR) is 191 cm³/mol. The van der Waals surface area contributed by atoms with Gasteiger partial charge in [-0.15, -0.1) is 0 Å². The second-order valence-electron chi connectivity index (χ2n) is 12.2. The van der Waals surface area contributed by atoms with Crippen LogP contribution in [0.4, 0.5) is 0 Å². The number of hydrogen-bond acceptors (Lipinski definition) is 4. The van der Waals surface area contributed by atoms with Gasteiger partial charge >= 0.3 is 0 Å². The molecule has 0 bridgehead atoms. The lowest BCUT2D eigenvalue weighted by Gasteiger charge is -2.11. The number of nitrogens with zero attached hydrogens (tertiary/aromatic N) is 3. The summed E-state index contributed by atoms with van der Waals surface area (Å²) >= 11 is 0. The molecule has 11 aromatic rings. The highest BCUT2D eigenvalue weighted by Crippen LogP contribution is 2.42. The van der Waals surface area contributed by atoms with Gasteiger partial charge in [0.2, 0.25) is 5.95 Å². The maximum Gasteiger partial charge on any atom is 0.236 e. The van der Waals surface area contributed by atoms with Crippen LogP contribution in [0.5, 0.6) is 0 Å². The van der Waals surface area contributed by atoms with Crippen molar-refractivity contribution < 1.29 is 8.83 Å². The minimum absolute atomic E-state index is 0.582. The zero-order valence-electron chi connectivity index (χ0n) is 24.9. The van der Waals surface area contributed by atoms with E-state index in [-0.39, 0.29) is 0 Å². The van der Waals surface area contributed by atoms with Gasteiger partial charge in [-0.05, 0) is 52.6 Å². The fourth-order valence-corrected chi connectivity index (χ4v) is 7.47. The Balaban J connectivity index is 1.34. The van der Waals surface area contributed by atoms with E-state index >= 15 is 0 Å². The van der Waals surface area contributed by atoms with E-state index in [1.165, 1.54) is 5.39 Å². The van der Waals surface area contributed by atoms with Crippen LogP contribution >= 0.6 is 0 Å². The van der Waals surface area contributed by atoms with E-state index in [0.717, 1.165) is 82.0 Å². The van der Waals surface area contributed by atoms with Crippen molar-refractivity contribution in [3.8, 4) is 17.2 Å². The number of furan rings is 2. The van der Waals surface area contributed by atoms with Crippen molar-refractivity contribution in [2.24, 2.45) is 0 Å². The summed E-state index contributed by atoms with van der Waals surface area (Å²) in [5.41, 5.74) is 7.48. The van der Waals surface area contributed by atoms with Gasteiger partial charge < -0.3 is 8.83 Å². The fourth-order valence-electron chi connectivity index (χ4n) is 7.47. The van der Waals surface area contributed by atoms with E-state index < -0.39 is 0 Å². The predicted octanol–water partition coefficient (Wildman–Crippen LogP) is 11.3. The Morgan fingerprint density at radius 1 is 0.447 bits per heavy atom. The van der Waals surface area contributed by atoms with Gasteiger partial charge in [0.25, 0.3) is 0 Å². The van der Waals surface area contributed by atoms with E-state index in [1.807, 2.05) is 36.4 Å². The normalized spacial score (nSPS) is 12.3. The standard InChI is InChI=1S/C42H23N3O2/c1-2-12-26-23-34-33(22-25(26)11-1)29-21-20-24-10-3-4-13-27(24)39(29)45(34)42-43-37-31-15-6-8-19-36(31)47-41(37)38(44-42)32-17-9-16-30-28-14-5-7-18-35(28)46-40(30)32/h1-23H. The summed E-state index contributed by atoms with van der Waals surface area (Å²) in [6.07, 6.45) is 0. The first-order valence-corrected chi connectivity index (χ1v) is 15.8. The maximum absolute atomic E-state index is 6.56. The number of rotatable bonds is 2. The molecule has 0 radical (unpaired) electrons. The van der Waals surface area contributed by atoms with Crippen molar-refractivity contribution in [2.75, 3.05) is 0 Å². The molecule has 0 saturated carbocycles. The Labute approximate surface area is 266 Å². The first-order valence-electron chi connectivity index (χ1n) is 15.8. The molecular formula is C42H23N3O2. The lowest BCUT2D eigenvalue weighted by Crippen LogP contribution is -2.03. The van der Waals surface area contributed by atoms with Gasteiger partial charge in [0.1, 0.15) is 28.0 Å². The van der Waals surface area contributed by atoms with Gasteiger partial charge in [0.15, 0.2) is 5.58 Å². The van der Waals surface area contributed by atoms with Crippen molar-refractivity contribution in [3.63, 3.8) is 0 Å². The molecule has 4 aromatic heterocycles. The van der Waals surface area contributed by atoms with E-state index in [1.54, 1.807) is 0 Å². The molecule has 0 aliphatic heterocycles.